The zero-order valence-corrected chi connectivity index (χ0v) is 13.3. The molecule has 98 valence electrons. The first-order chi connectivity index (χ1) is 9.11. The number of halogens is 2. The number of amides is 1. The Morgan fingerprint density at radius 3 is 2.53 bits per heavy atom. The van der Waals surface area contributed by atoms with Gasteiger partial charge in [0.25, 0.3) is 5.91 Å². The van der Waals surface area contributed by atoms with E-state index < -0.39 is 0 Å². The van der Waals surface area contributed by atoms with Crippen LogP contribution in [0.3, 0.4) is 0 Å². The Labute approximate surface area is 129 Å². The Bertz CT molecular complexity index is 601. The van der Waals surface area contributed by atoms with E-state index in [0.29, 0.717) is 20.7 Å². The van der Waals surface area contributed by atoms with Gasteiger partial charge in [0, 0.05) is 10.5 Å². The molecule has 2 aromatic rings. The molecule has 0 aliphatic heterocycles. The molecule has 2 aromatic carbocycles. The van der Waals surface area contributed by atoms with Crippen molar-refractivity contribution in [3.05, 3.63) is 57.5 Å². The van der Waals surface area contributed by atoms with Crippen LogP contribution in [0.5, 0.6) is 0 Å². The molecule has 0 aliphatic carbocycles. The predicted molar refractivity (Wildman–Crippen MR) is 85.3 cm³/mol. The third-order valence-electron chi connectivity index (χ3n) is 2.55. The van der Waals surface area contributed by atoms with Crippen LogP contribution in [0.4, 0.5) is 5.69 Å². The molecule has 0 fully saturated rings. The van der Waals surface area contributed by atoms with Crippen molar-refractivity contribution in [2.75, 3.05) is 11.6 Å². The standard InChI is InChI=1S/C14H11BrClNOS/c1-19-10-7-5-9(6-8-10)14(18)17-12-4-2-3-11(16)13(12)15/h2-8H,1H3,(H,17,18). The van der Waals surface area contributed by atoms with Crippen LogP contribution in [0.25, 0.3) is 0 Å². The first-order valence-electron chi connectivity index (χ1n) is 5.51. The van der Waals surface area contributed by atoms with Crippen LogP contribution in [-0.2, 0) is 0 Å². The molecule has 1 amide bonds. The summed E-state index contributed by atoms with van der Waals surface area (Å²) < 4.78 is 0.686. The summed E-state index contributed by atoms with van der Waals surface area (Å²) in [7, 11) is 0. The number of rotatable bonds is 3. The van der Waals surface area contributed by atoms with E-state index in [2.05, 4.69) is 21.2 Å². The van der Waals surface area contributed by atoms with E-state index in [-0.39, 0.29) is 5.91 Å². The highest BCUT2D eigenvalue weighted by atomic mass is 79.9. The molecule has 0 unspecified atom stereocenters. The Kier molecular flexibility index (Phi) is 4.91. The molecule has 5 heteroatoms. The lowest BCUT2D eigenvalue weighted by Gasteiger charge is -2.08. The lowest BCUT2D eigenvalue weighted by molar-refractivity contribution is 0.102. The van der Waals surface area contributed by atoms with Gasteiger partial charge in [0.05, 0.1) is 15.2 Å². The van der Waals surface area contributed by atoms with Gasteiger partial charge in [0.2, 0.25) is 0 Å². The second-order valence-electron chi connectivity index (χ2n) is 3.78. The van der Waals surface area contributed by atoms with Gasteiger partial charge in [0.1, 0.15) is 0 Å². The molecule has 19 heavy (non-hydrogen) atoms. The maximum Gasteiger partial charge on any atom is 0.255 e. The number of benzene rings is 2. The van der Waals surface area contributed by atoms with E-state index in [1.165, 1.54) is 0 Å². The number of thioether (sulfide) groups is 1. The van der Waals surface area contributed by atoms with Gasteiger partial charge in [-0.15, -0.1) is 11.8 Å². The summed E-state index contributed by atoms with van der Waals surface area (Å²) in [5, 5.41) is 3.39. The molecule has 2 nitrogen and oxygen atoms in total. The fourth-order valence-corrected chi connectivity index (χ4v) is 2.48. The van der Waals surface area contributed by atoms with Crippen LogP contribution in [-0.4, -0.2) is 12.2 Å². The van der Waals surface area contributed by atoms with Gasteiger partial charge in [-0.1, -0.05) is 17.7 Å². The highest BCUT2D eigenvalue weighted by Gasteiger charge is 2.09. The van der Waals surface area contributed by atoms with E-state index in [1.54, 1.807) is 42.1 Å². The zero-order chi connectivity index (χ0) is 13.8. The van der Waals surface area contributed by atoms with Crippen molar-refractivity contribution in [2.24, 2.45) is 0 Å². The zero-order valence-electron chi connectivity index (χ0n) is 10.1. The van der Waals surface area contributed by atoms with Crippen molar-refractivity contribution in [1.82, 2.24) is 0 Å². The minimum atomic E-state index is -0.157. The summed E-state index contributed by atoms with van der Waals surface area (Å²) >= 11 is 11.0. The minimum Gasteiger partial charge on any atom is -0.321 e. The second kappa shape index (κ2) is 6.46. The number of anilines is 1. The van der Waals surface area contributed by atoms with Gasteiger partial charge in [-0.25, -0.2) is 0 Å². The predicted octanol–water partition coefficient (Wildman–Crippen LogP) is 5.08. The van der Waals surface area contributed by atoms with Gasteiger partial charge in [-0.3, -0.25) is 4.79 Å². The molecule has 0 spiro atoms. The third-order valence-corrected chi connectivity index (χ3v) is 4.69. The van der Waals surface area contributed by atoms with Crippen molar-refractivity contribution >= 4 is 50.9 Å². The van der Waals surface area contributed by atoms with Crippen molar-refractivity contribution in [1.29, 1.82) is 0 Å². The second-order valence-corrected chi connectivity index (χ2v) is 5.86. The average Bonchev–Trinajstić information content (AvgIpc) is 2.44. The van der Waals surface area contributed by atoms with E-state index in [9.17, 15) is 4.79 Å². The number of nitrogens with one attached hydrogen (secondary N) is 1. The average molecular weight is 357 g/mol. The monoisotopic (exact) mass is 355 g/mol. The van der Waals surface area contributed by atoms with Crippen LogP contribution >= 0.6 is 39.3 Å². The number of carbonyl (C=O) groups is 1. The van der Waals surface area contributed by atoms with Gasteiger partial charge in [-0.05, 0) is 58.6 Å². The summed E-state index contributed by atoms with van der Waals surface area (Å²) in [6.45, 7) is 0. The molecule has 0 atom stereocenters. The fourth-order valence-electron chi connectivity index (χ4n) is 1.54. The van der Waals surface area contributed by atoms with Crippen LogP contribution in [0.2, 0.25) is 5.02 Å². The molecule has 0 bridgehead atoms. The van der Waals surface area contributed by atoms with Gasteiger partial charge < -0.3 is 5.32 Å². The molecule has 2 rings (SSSR count). The maximum absolute atomic E-state index is 12.1. The van der Waals surface area contributed by atoms with Gasteiger partial charge in [-0.2, -0.15) is 0 Å². The summed E-state index contributed by atoms with van der Waals surface area (Å²) in [6.07, 6.45) is 2.00. The first kappa shape index (κ1) is 14.4. The Morgan fingerprint density at radius 1 is 1.21 bits per heavy atom. The quantitative estimate of drug-likeness (QED) is 0.777. The number of hydrogen-bond acceptors (Lipinski definition) is 2. The Morgan fingerprint density at radius 2 is 1.89 bits per heavy atom. The van der Waals surface area contributed by atoms with Gasteiger partial charge in [0.15, 0.2) is 0 Å². The normalized spacial score (nSPS) is 10.3. The smallest absolute Gasteiger partial charge is 0.255 e. The summed E-state index contributed by atoms with van der Waals surface area (Å²) in [5.74, 6) is -0.157. The molecular formula is C14H11BrClNOS. The van der Waals surface area contributed by atoms with E-state index >= 15 is 0 Å². The highest BCUT2D eigenvalue weighted by Crippen LogP contribution is 2.30. The topological polar surface area (TPSA) is 29.1 Å². The van der Waals surface area contributed by atoms with E-state index in [0.717, 1.165) is 4.90 Å². The number of carbonyl (C=O) groups excluding carboxylic acids is 1. The van der Waals surface area contributed by atoms with E-state index in [4.69, 9.17) is 11.6 Å². The SMILES string of the molecule is CSc1ccc(C(=O)Nc2cccc(Cl)c2Br)cc1. The largest absolute Gasteiger partial charge is 0.321 e. The summed E-state index contributed by atoms with van der Waals surface area (Å²) in [6, 6.07) is 12.8. The molecule has 0 aromatic heterocycles. The van der Waals surface area contributed by atoms with Crippen molar-refractivity contribution in [3.63, 3.8) is 0 Å². The summed E-state index contributed by atoms with van der Waals surface area (Å²) in [5.41, 5.74) is 1.27. The van der Waals surface area contributed by atoms with Crippen LogP contribution in [0, 0.1) is 0 Å². The molecule has 0 saturated heterocycles. The molecular weight excluding hydrogens is 346 g/mol. The molecule has 0 saturated carbocycles. The van der Waals surface area contributed by atoms with Crippen LogP contribution in [0.1, 0.15) is 10.4 Å². The van der Waals surface area contributed by atoms with Gasteiger partial charge >= 0.3 is 0 Å². The van der Waals surface area contributed by atoms with E-state index in [1.807, 2.05) is 18.4 Å². The Hall–Kier alpha value is -0.970. The lowest BCUT2D eigenvalue weighted by atomic mass is 10.2. The van der Waals surface area contributed by atoms with Crippen molar-refractivity contribution in [3.8, 4) is 0 Å². The first-order valence-corrected chi connectivity index (χ1v) is 7.91. The maximum atomic E-state index is 12.1. The third kappa shape index (κ3) is 3.53. The highest BCUT2D eigenvalue weighted by molar-refractivity contribution is 9.10. The van der Waals surface area contributed by atoms with Crippen molar-refractivity contribution < 1.29 is 4.79 Å². The Balaban J connectivity index is 2.18. The van der Waals surface area contributed by atoms with Crippen molar-refractivity contribution in [2.45, 2.75) is 4.90 Å². The molecule has 0 heterocycles. The van der Waals surface area contributed by atoms with Crippen LogP contribution < -0.4 is 5.32 Å². The summed E-state index contributed by atoms with van der Waals surface area (Å²) in [4.78, 5) is 13.2. The molecule has 0 aliphatic rings. The van der Waals surface area contributed by atoms with Crippen LogP contribution in [0.15, 0.2) is 51.8 Å². The fraction of sp³-hybridized carbons (Fsp3) is 0.0714. The minimum absolute atomic E-state index is 0.157. The molecule has 1 N–H and O–H groups in total. The number of hydrogen-bond donors (Lipinski definition) is 1. The lowest BCUT2D eigenvalue weighted by Crippen LogP contribution is -2.12. The molecule has 0 radical (unpaired) electrons.